The molecular formula is C17H15ClO3. The molecule has 0 amide bonds. The van der Waals surface area contributed by atoms with Crippen LogP contribution in [-0.2, 0) is 6.42 Å². The van der Waals surface area contributed by atoms with Gasteiger partial charge in [-0.1, -0.05) is 29.8 Å². The molecule has 0 radical (unpaired) electrons. The van der Waals surface area contributed by atoms with Crippen molar-refractivity contribution in [3.8, 4) is 5.75 Å². The van der Waals surface area contributed by atoms with Crippen molar-refractivity contribution in [2.24, 2.45) is 0 Å². The Morgan fingerprint density at radius 1 is 1.24 bits per heavy atom. The summed E-state index contributed by atoms with van der Waals surface area (Å²) in [6.45, 7) is 0. The summed E-state index contributed by atoms with van der Waals surface area (Å²) in [7, 11) is 1.60. The monoisotopic (exact) mass is 302 g/mol. The van der Waals surface area contributed by atoms with Gasteiger partial charge < -0.3 is 14.3 Å². The minimum absolute atomic E-state index is 0.410. The second-order valence-corrected chi connectivity index (χ2v) is 5.30. The Morgan fingerprint density at radius 2 is 2.05 bits per heavy atom. The fourth-order valence-corrected chi connectivity index (χ4v) is 2.68. The summed E-state index contributed by atoms with van der Waals surface area (Å²) in [5.41, 5.74) is 2.40. The maximum atomic E-state index is 10.5. The van der Waals surface area contributed by atoms with E-state index in [0.717, 1.165) is 22.1 Å². The highest BCUT2D eigenvalue weighted by Gasteiger charge is 2.17. The van der Waals surface area contributed by atoms with E-state index in [1.807, 2.05) is 30.3 Å². The summed E-state index contributed by atoms with van der Waals surface area (Å²) < 4.78 is 10.8. The number of halogens is 1. The fraction of sp³-hybridized carbons (Fsp3) is 0.176. The van der Waals surface area contributed by atoms with Crippen molar-refractivity contribution in [3.63, 3.8) is 0 Å². The van der Waals surface area contributed by atoms with Crippen LogP contribution >= 0.6 is 11.6 Å². The molecule has 1 heterocycles. The first-order valence-corrected chi connectivity index (χ1v) is 7.03. The number of para-hydroxylation sites is 1. The molecule has 3 aromatic rings. The van der Waals surface area contributed by atoms with E-state index in [2.05, 4.69) is 0 Å². The summed E-state index contributed by atoms with van der Waals surface area (Å²) >= 11 is 6.02. The number of furan rings is 1. The number of benzene rings is 2. The first-order chi connectivity index (χ1) is 10.2. The van der Waals surface area contributed by atoms with Crippen LogP contribution in [0, 0.1) is 0 Å². The van der Waals surface area contributed by atoms with E-state index in [9.17, 15) is 5.11 Å². The summed E-state index contributed by atoms with van der Waals surface area (Å²) in [5.74, 6) is 0.714. The molecule has 4 heteroatoms. The molecule has 1 aromatic heterocycles. The highest BCUT2D eigenvalue weighted by atomic mass is 35.5. The molecule has 1 unspecified atom stereocenters. The molecule has 2 aromatic carbocycles. The molecule has 3 rings (SSSR count). The summed E-state index contributed by atoms with van der Waals surface area (Å²) in [6, 6.07) is 13.0. The van der Waals surface area contributed by atoms with Gasteiger partial charge in [0.2, 0.25) is 0 Å². The number of methoxy groups -OCH3 is 1. The molecule has 0 saturated carbocycles. The Morgan fingerprint density at radius 3 is 2.86 bits per heavy atom. The van der Waals surface area contributed by atoms with E-state index in [1.165, 1.54) is 0 Å². The zero-order valence-electron chi connectivity index (χ0n) is 11.5. The van der Waals surface area contributed by atoms with Gasteiger partial charge in [-0.25, -0.2) is 0 Å². The van der Waals surface area contributed by atoms with E-state index in [1.54, 1.807) is 25.5 Å². The number of aliphatic hydroxyl groups is 1. The first kappa shape index (κ1) is 14.0. The lowest BCUT2D eigenvalue weighted by molar-refractivity contribution is 0.177. The summed E-state index contributed by atoms with van der Waals surface area (Å²) in [5, 5.41) is 12.1. The van der Waals surface area contributed by atoms with Crippen molar-refractivity contribution in [2.45, 2.75) is 12.5 Å². The van der Waals surface area contributed by atoms with Crippen LogP contribution < -0.4 is 4.74 Å². The van der Waals surface area contributed by atoms with E-state index >= 15 is 0 Å². The third-order valence-electron chi connectivity index (χ3n) is 3.53. The molecule has 21 heavy (non-hydrogen) atoms. The summed E-state index contributed by atoms with van der Waals surface area (Å²) in [4.78, 5) is 0. The topological polar surface area (TPSA) is 42.6 Å². The third-order valence-corrected chi connectivity index (χ3v) is 3.76. The average Bonchev–Trinajstić information content (AvgIpc) is 2.91. The minimum atomic E-state index is -0.680. The highest BCUT2D eigenvalue weighted by molar-refractivity contribution is 6.30. The maximum Gasteiger partial charge on any atom is 0.134 e. The molecule has 1 N–H and O–H groups in total. The lowest BCUT2D eigenvalue weighted by Gasteiger charge is -2.13. The van der Waals surface area contributed by atoms with Gasteiger partial charge in [-0.05, 0) is 29.8 Å². The van der Waals surface area contributed by atoms with Gasteiger partial charge in [0.25, 0.3) is 0 Å². The predicted octanol–water partition coefficient (Wildman–Crippen LogP) is 4.37. The van der Waals surface area contributed by atoms with Gasteiger partial charge in [-0.2, -0.15) is 0 Å². The van der Waals surface area contributed by atoms with Crippen LogP contribution in [0.2, 0.25) is 5.02 Å². The molecule has 0 bridgehead atoms. The molecule has 0 saturated heterocycles. The van der Waals surface area contributed by atoms with Crippen LogP contribution in [-0.4, -0.2) is 12.2 Å². The van der Waals surface area contributed by atoms with Crippen LogP contribution in [0.15, 0.2) is 53.1 Å². The SMILES string of the molecule is COc1ccc(Cl)cc1CC(O)c1coc2ccccc12. The molecule has 0 fully saturated rings. The van der Waals surface area contributed by atoms with Gasteiger partial charge in [-0.3, -0.25) is 0 Å². The number of ether oxygens (including phenoxy) is 1. The van der Waals surface area contributed by atoms with E-state index in [0.29, 0.717) is 17.2 Å². The van der Waals surface area contributed by atoms with Crippen LogP contribution in [0.5, 0.6) is 5.75 Å². The van der Waals surface area contributed by atoms with Gasteiger partial charge in [0.15, 0.2) is 0 Å². The second-order valence-electron chi connectivity index (χ2n) is 4.86. The standard InChI is InChI=1S/C17H15ClO3/c1-20-16-7-6-12(18)8-11(16)9-15(19)14-10-21-17-5-3-2-4-13(14)17/h2-8,10,15,19H,9H2,1H3. The smallest absolute Gasteiger partial charge is 0.134 e. The Kier molecular flexibility index (Phi) is 3.86. The number of rotatable bonds is 4. The first-order valence-electron chi connectivity index (χ1n) is 6.65. The molecule has 1 atom stereocenters. The van der Waals surface area contributed by atoms with Crippen molar-refractivity contribution < 1.29 is 14.3 Å². The maximum absolute atomic E-state index is 10.5. The van der Waals surface area contributed by atoms with Crippen LogP contribution in [0.1, 0.15) is 17.2 Å². The molecule has 3 nitrogen and oxygen atoms in total. The highest BCUT2D eigenvalue weighted by Crippen LogP contribution is 2.31. The Hall–Kier alpha value is -1.97. The number of aliphatic hydroxyl groups excluding tert-OH is 1. The molecule has 0 spiro atoms. The number of fused-ring (bicyclic) bond motifs is 1. The third kappa shape index (κ3) is 2.75. The summed E-state index contributed by atoms with van der Waals surface area (Å²) in [6.07, 6.45) is 1.33. The zero-order chi connectivity index (χ0) is 14.8. The Balaban J connectivity index is 1.93. The van der Waals surface area contributed by atoms with Crippen molar-refractivity contribution in [3.05, 3.63) is 64.9 Å². The molecule has 0 aliphatic carbocycles. The molecule has 0 aliphatic heterocycles. The minimum Gasteiger partial charge on any atom is -0.496 e. The lowest BCUT2D eigenvalue weighted by Crippen LogP contribution is -2.03. The molecule has 108 valence electrons. The van der Waals surface area contributed by atoms with Gasteiger partial charge in [0.05, 0.1) is 19.5 Å². The van der Waals surface area contributed by atoms with Crippen molar-refractivity contribution in [1.29, 1.82) is 0 Å². The second kappa shape index (κ2) is 5.80. The largest absolute Gasteiger partial charge is 0.496 e. The predicted molar refractivity (Wildman–Crippen MR) is 82.9 cm³/mol. The Bertz CT molecular complexity index is 764. The van der Waals surface area contributed by atoms with Crippen LogP contribution in [0.4, 0.5) is 0 Å². The van der Waals surface area contributed by atoms with Gasteiger partial charge >= 0.3 is 0 Å². The zero-order valence-corrected chi connectivity index (χ0v) is 12.3. The molecular weight excluding hydrogens is 288 g/mol. The van der Waals surface area contributed by atoms with E-state index in [-0.39, 0.29) is 0 Å². The van der Waals surface area contributed by atoms with E-state index < -0.39 is 6.10 Å². The van der Waals surface area contributed by atoms with Crippen molar-refractivity contribution in [2.75, 3.05) is 7.11 Å². The molecule has 0 aliphatic rings. The number of hydrogen-bond acceptors (Lipinski definition) is 3. The lowest BCUT2D eigenvalue weighted by atomic mass is 10.0. The van der Waals surface area contributed by atoms with Crippen molar-refractivity contribution >= 4 is 22.6 Å². The van der Waals surface area contributed by atoms with Gasteiger partial charge in [0.1, 0.15) is 11.3 Å². The van der Waals surface area contributed by atoms with Crippen LogP contribution in [0.25, 0.3) is 11.0 Å². The quantitative estimate of drug-likeness (QED) is 0.778. The van der Waals surface area contributed by atoms with Crippen molar-refractivity contribution in [1.82, 2.24) is 0 Å². The van der Waals surface area contributed by atoms with E-state index in [4.69, 9.17) is 20.8 Å². The van der Waals surface area contributed by atoms with Crippen LogP contribution in [0.3, 0.4) is 0 Å². The fourth-order valence-electron chi connectivity index (χ4n) is 2.48. The average molecular weight is 303 g/mol. The normalized spacial score (nSPS) is 12.5. The Labute approximate surface area is 127 Å². The van der Waals surface area contributed by atoms with Gasteiger partial charge in [-0.15, -0.1) is 0 Å². The van der Waals surface area contributed by atoms with Gasteiger partial charge in [0, 0.05) is 22.4 Å². The number of hydrogen-bond donors (Lipinski definition) is 1.